The second-order valence-corrected chi connectivity index (χ2v) is 6.96. The maximum atomic E-state index is 12.9. The lowest BCUT2D eigenvalue weighted by Gasteiger charge is -2.32. The molecule has 0 bridgehead atoms. The summed E-state index contributed by atoms with van der Waals surface area (Å²) < 4.78 is 55.3. The highest BCUT2D eigenvalue weighted by molar-refractivity contribution is 5.77. The molecule has 1 saturated heterocycles. The molecular formula is C18H21F4NO2. The SMILES string of the molecule is O=C(OCC1CCN(CC(F)(F)F)CC1)[C@@H]1C[C@@H]1c1ccc(F)cc1. The molecule has 3 rings (SSSR count). The topological polar surface area (TPSA) is 29.5 Å². The number of likely N-dealkylation sites (tertiary alicyclic amines) is 1. The zero-order valence-corrected chi connectivity index (χ0v) is 13.8. The molecule has 0 spiro atoms. The van der Waals surface area contributed by atoms with Gasteiger partial charge in [-0.3, -0.25) is 9.69 Å². The Hall–Kier alpha value is -1.63. The Morgan fingerprint density at radius 2 is 1.80 bits per heavy atom. The van der Waals surface area contributed by atoms with Crippen molar-refractivity contribution in [2.45, 2.75) is 31.4 Å². The fourth-order valence-corrected chi connectivity index (χ4v) is 3.41. The predicted molar refractivity (Wildman–Crippen MR) is 83.4 cm³/mol. The number of benzene rings is 1. The molecule has 1 aromatic carbocycles. The summed E-state index contributed by atoms with van der Waals surface area (Å²) in [7, 11) is 0. The van der Waals surface area contributed by atoms with Crippen LogP contribution in [0.3, 0.4) is 0 Å². The monoisotopic (exact) mass is 359 g/mol. The van der Waals surface area contributed by atoms with Crippen molar-refractivity contribution < 1.29 is 27.1 Å². The van der Waals surface area contributed by atoms with E-state index in [-0.39, 0.29) is 36.1 Å². The van der Waals surface area contributed by atoms with E-state index < -0.39 is 12.7 Å². The van der Waals surface area contributed by atoms with E-state index in [1.807, 2.05) is 0 Å². The number of esters is 1. The zero-order valence-electron chi connectivity index (χ0n) is 13.8. The number of rotatable bonds is 5. The van der Waals surface area contributed by atoms with Crippen LogP contribution >= 0.6 is 0 Å². The van der Waals surface area contributed by atoms with E-state index in [4.69, 9.17) is 4.74 Å². The maximum Gasteiger partial charge on any atom is 0.401 e. The third kappa shape index (κ3) is 5.17. The summed E-state index contributed by atoms with van der Waals surface area (Å²) in [6, 6.07) is 6.13. The van der Waals surface area contributed by atoms with Crippen LogP contribution in [0.4, 0.5) is 17.6 Å². The molecule has 2 aliphatic rings. The second kappa shape index (κ2) is 7.32. The van der Waals surface area contributed by atoms with Crippen LogP contribution in [0.25, 0.3) is 0 Å². The van der Waals surface area contributed by atoms with Crippen molar-refractivity contribution in [2.24, 2.45) is 11.8 Å². The van der Waals surface area contributed by atoms with Gasteiger partial charge >= 0.3 is 12.1 Å². The molecule has 1 aliphatic heterocycles. The highest BCUT2D eigenvalue weighted by Crippen LogP contribution is 2.48. The van der Waals surface area contributed by atoms with E-state index in [2.05, 4.69) is 0 Å². The van der Waals surface area contributed by atoms with Gasteiger partial charge < -0.3 is 4.74 Å². The van der Waals surface area contributed by atoms with Gasteiger partial charge in [0.25, 0.3) is 0 Å². The van der Waals surface area contributed by atoms with E-state index in [9.17, 15) is 22.4 Å². The molecule has 0 radical (unpaired) electrons. The first-order valence-corrected chi connectivity index (χ1v) is 8.53. The molecule has 3 nitrogen and oxygen atoms in total. The molecule has 1 saturated carbocycles. The Morgan fingerprint density at radius 1 is 1.16 bits per heavy atom. The lowest BCUT2D eigenvalue weighted by Crippen LogP contribution is -2.41. The Bertz CT molecular complexity index is 594. The van der Waals surface area contributed by atoms with Crippen LogP contribution in [-0.2, 0) is 9.53 Å². The molecule has 7 heteroatoms. The van der Waals surface area contributed by atoms with Gasteiger partial charge in [0.1, 0.15) is 5.82 Å². The van der Waals surface area contributed by atoms with Gasteiger partial charge in [-0.15, -0.1) is 0 Å². The van der Waals surface area contributed by atoms with Crippen molar-refractivity contribution >= 4 is 5.97 Å². The number of alkyl halides is 3. The number of piperidine rings is 1. The normalized spacial score (nSPS) is 25.0. The Morgan fingerprint density at radius 3 is 2.40 bits per heavy atom. The minimum absolute atomic E-state index is 0.0849. The summed E-state index contributed by atoms with van der Waals surface area (Å²) >= 11 is 0. The third-order valence-corrected chi connectivity index (χ3v) is 4.96. The van der Waals surface area contributed by atoms with Crippen LogP contribution in [-0.4, -0.2) is 43.3 Å². The van der Waals surface area contributed by atoms with Crippen molar-refractivity contribution in [3.05, 3.63) is 35.6 Å². The van der Waals surface area contributed by atoms with E-state index in [1.54, 1.807) is 12.1 Å². The van der Waals surface area contributed by atoms with Crippen molar-refractivity contribution in [3.63, 3.8) is 0 Å². The summed E-state index contributed by atoms with van der Waals surface area (Å²) in [5.74, 6) is -0.540. The molecule has 0 amide bonds. The Kier molecular flexibility index (Phi) is 5.32. The highest BCUT2D eigenvalue weighted by Gasteiger charge is 2.45. The number of hydrogen-bond donors (Lipinski definition) is 0. The fourth-order valence-electron chi connectivity index (χ4n) is 3.41. The summed E-state index contributed by atoms with van der Waals surface area (Å²) in [6.07, 6.45) is -2.25. The van der Waals surface area contributed by atoms with Gasteiger partial charge in [0.05, 0.1) is 19.1 Å². The van der Waals surface area contributed by atoms with Gasteiger partial charge in [0.15, 0.2) is 0 Å². The van der Waals surface area contributed by atoms with E-state index >= 15 is 0 Å². The summed E-state index contributed by atoms with van der Waals surface area (Å²) in [5, 5.41) is 0. The average molecular weight is 359 g/mol. The number of nitrogens with zero attached hydrogens (tertiary/aromatic N) is 1. The maximum absolute atomic E-state index is 12.9. The average Bonchev–Trinajstić information content (AvgIpc) is 3.34. The number of halogens is 4. The zero-order chi connectivity index (χ0) is 18.0. The lowest BCUT2D eigenvalue weighted by atomic mass is 9.98. The smallest absolute Gasteiger partial charge is 0.401 e. The van der Waals surface area contributed by atoms with Crippen LogP contribution in [0.5, 0.6) is 0 Å². The number of carbonyl (C=O) groups excluding carboxylic acids is 1. The standard InChI is InChI=1S/C18H21F4NO2/c19-14-3-1-13(2-4-14)15-9-16(15)17(24)25-10-12-5-7-23(8-6-12)11-18(20,21)22/h1-4,12,15-16H,5-11H2/t15-,16-/m1/s1. The number of carbonyl (C=O) groups is 1. The summed E-state index contributed by atoms with van der Waals surface area (Å²) in [5.41, 5.74) is 0.934. The van der Waals surface area contributed by atoms with E-state index in [1.165, 1.54) is 17.0 Å². The molecular weight excluding hydrogens is 338 g/mol. The predicted octanol–water partition coefficient (Wildman–Crippen LogP) is 3.75. The van der Waals surface area contributed by atoms with Gasteiger partial charge in [0, 0.05) is 0 Å². The molecule has 1 aliphatic carbocycles. The highest BCUT2D eigenvalue weighted by atomic mass is 19.4. The Balaban J connectivity index is 1.37. The lowest BCUT2D eigenvalue weighted by molar-refractivity contribution is -0.151. The molecule has 0 N–H and O–H groups in total. The van der Waals surface area contributed by atoms with Crippen LogP contribution in [0, 0.1) is 17.7 Å². The second-order valence-electron chi connectivity index (χ2n) is 6.96. The minimum Gasteiger partial charge on any atom is -0.465 e. The van der Waals surface area contributed by atoms with Crippen molar-refractivity contribution in [2.75, 3.05) is 26.2 Å². The quantitative estimate of drug-likeness (QED) is 0.592. The first-order chi connectivity index (χ1) is 11.8. The van der Waals surface area contributed by atoms with Crippen LogP contribution in [0.1, 0.15) is 30.7 Å². The van der Waals surface area contributed by atoms with E-state index in [0.29, 0.717) is 32.4 Å². The first-order valence-electron chi connectivity index (χ1n) is 8.53. The molecule has 0 aromatic heterocycles. The van der Waals surface area contributed by atoms with Gasteiger partial charge in [-0.25, -0.2) is 4.39 Å². The van der Waals surface area contributed by atoms with Gasteiger partial charge in [-0.05, 0) is 61.9 Å². The van der Waals surface area contributed by atoms with Crippen molar-refractivity contribution in [1.29, 1.82) is 0 Å². The number of ether oxygens (including phenoxy) is 1. The molecule has 25 heavy (non-hydrogen) atoms. The first kappa shape index (κ1) is 18.2. The minimum atomic E-state index is -4.17. The van der Waals surface area contributed by atoms with Gasteiger partial charge in [0.2, 0.25) is 0 Å². The van der Waals surface area contributed by atoms with Crippen LogP contribution < -0.4 is 0 Å². The molecule has 1 heterocycles. The van der Waals surface area contributed by atoms with E-state index in [0.717, 1.165) is 5.56 Å². The van der Waals surface area contributed by atoms with Crippen LogP contribution in [0.2, 0.25) is 0 Å². The molecule has 2 fully saturated rings. The third-order valence-electron chi connectivity index (χ3n) is 4.96. The summed E-state index contributed by atoms with van der Waals surface area (Å²) in [6.45, 7) is 0.152. The van der Waals surface area contributed by atoms with Gasteiger partial charge in [-0.1, -0.05) is 12.1 Å². The van der Waals surface area contributed by atoms with Crippen LogP contribution in [0.15, 0.2) is 24.3 Å². The summed E-state index contributed by atoms with van der Waals surface area (Å²) in [4.78, 5) is 13.5. The number of hydrogen-bond acceptors (Lipinski definition) is 3. The molecule has 0 unspecified atom stereocenters. The van der Waals surface area contributed by atoms with Crippen molar-refractivity contribution in [1.82, 2.24) is 4.90 Å². The van der Waals surface area contributed by atoms with Crippen molar-refractivity contribution in [3.8, 4) is 0 Å². The fraction of sp³-hybridized carbons (Fsp3) is 0.611. The van der Waals surface area contributed by atoms with Gasteiger partial charge in [-0.2, -0.15) is 13.2 Å². The largest absolute Gasteiger partial charge is 0.465 e. The molecule has 2 atom stereocenters. The molecule has 1 aromatic rings. The Labute approximate surface area is 143 Å². The molecule has 138 valence electrons.